The van der Waals surface area contributed by atoms with Crippen molar-refractivity contribution >= 4 is 16.8 Å². The average molecular weight is 396 g/mol. The number of H-pyrrole nitrogens is 1. The highest BCUT2D eigenvalue weighted by atomic mass is 16.5. The lowest BCUT2D eigenvalue weighted by atomic mass is 10.0. The van der Waals surface area contributed by atoms with Crippen molar-refractivity contribution in [1.82, 2.24) is 10.3 Å². The topological polar surface area (TPSA) is 72.6 Å². The van der Waals surface area contributed by atoms with E-state index in [9.17, 15) is 4.79 Å². The van der Waals surface area contributed by atoms with Crippen LogP contribution in [-0.2, 0) is 0 Å². The molecule has 154 valence electrons. The minimum absolute atomic E-state index is 0.156. The number of hydrogen-bond acceptors (Lipinski definition) is 4. The molecular formula is C23H28N2O4. The highest BCUT2D eigenvalue weighted by Gasteiger charge is 2.21. The third-order valence-corrected chi connectivity index (χ3v) is 5.27. The molecule has 3 rings (SSSR count). The van der Waals surface area contributed by atoms with Crippen LogP contribution in [0.3, 0.4) is 0 Å². The van der Waals surface area contributed by atoms with Crippen LogP contribution in [-0.4, -0.2) is 32.2 Å². The van der Waals surface area contributed by atoms with Crippen molar-refractivity contribution in [2.75, 3.05) is 21.3 Å². The number of aromatic nitrogens is 1. The van der Waals surface area contributed by atoms with E-state index in [1.54, 1.807) is 21.3 Å². The maximum Gasteiger partial charge on any atom is 0.268 e. The van der Waals surface area contributed by atoms with Crippen molar-refractivity contribution in [2.45, 2.75) is 33.7 Å². The molecule has 6 nitrogen and oxygen atoms in total. The Morgan fingerprint density at radius 1 is 0.966 bits per heavy atom. The molecule has 0 bridgehead atoms. The Hall–Kier alpha value is -3.15. The summed E-state index contributed by atoms with van der Waals surface area (Å²) in [6.07, 6.45) is 0. The summed E-state index contributed by atoms with van der Waals surface area (Å²) in [4.78, 5) is 16.3. The molecule has 1 aromatic heterocycles. The molecule has 0 saturated heterocycles. The fourth-order valence-corrected chi connectivity index (χ4v) is 3.71. The minimum Gasteiger partial charge on any atom is -0.493 e. The number of carbonyl (C=O) groups excluding carboxylic acids is 1. The van der Waals surface area contributed by atoms with E-state index in [1.165, 1.54) is 5.56 Å². The third kappa shape index (κ3) is 3.75. The number of nitrogens with one attached hydrogen (secondary N) is 2. The highest BCUT2D eigenvalue weighted by Crippen LogP contribution is 2.39. The lowest BCUT2D eigenvalue weighted by Gasteiger charge is -2.18. The van der Waals surface area contributed by atoms with Crippen LogP contribution in [0.4, 0.5) is 0 Å². The standard InChI is InChI=1S/C23H28N2O4/c1-12-8-13(2)20-17(9-12)14(3)21(25-20)23(26)24-15(4)16-10-18(27-5)22(29-7)19(11-16)28-6/h8-11,15,25H,1-7H3,(H,24,26). The van der Waals surface area contributed by atoms with Gasteiger partial charge >= 0.3 is 0 Å². The average Bonchev–Trinajstić information content (AvgIpc) is 3.03. The third-order valence-electron chi connectivity index (χ3n) is 5.27. The molecule has 0 radical (unpaired) electrons. The number of aromatic amines is 1. The van der Waals surface area contributed by atoms with Crippen LogP contribution in [0.15, 0.2) is 24.3 Å². The zero-order chi connectivity index (χ0) is 21.3. The van der Waals surface area contributed by atoms with E-state index in [0.717, 1.165) is 27.6 Å². The molecule has 0 aliphatic heterocycles. The maximum atomic E-state index is 13.0. The molecule has 0 saturated carbocycles. The van der Waals surface area contributed by atoms with Gasteiger partial charge in [0.2, 0.25) is 5.75 Å². The van der Waals surface area contributed by atoms with Crippen molar-refractivity contribution in [3.05, 3.63) is 52.2 Å². The second kappa shape index (κ2) is 8.07. The van der Waals surface area contributed by atoms with Crippen molar-refractivity contribution < 1.29 is 19.0 Å². The van der Waals surface area contributed by atoms with Gasteiger partial charge in [0.25, 0.3) is 5.91 Å². The molecule has 1 amide bonds. The smallest absolute Gasteiger partial charge is 0.268 e. The van der Waals surface area contributed by atoms with Gasteiger partial charge in [0.1, 0.15) is 5.69 Å². The number of benzene rings is 2. The van der Waals surface area contributed by atoms with Gasteiger partial charge in [-0.3, -0.25) is 4.79 Å². The van der Waals surface area contributed by atoms with Crippen LogP contribution in [0.5, 0.6) is 17.2 Å². The minimum atomic E-state index is -0.259. The first-order valence-corrected chi connectivity index (χ1v) is 9.51. The van der Waals surface area contributed by atoms with Crippen molar-refractivity contribution in [2.24, 2.45) is 0 Å². The normalized spacial score (nSPS) is 12.0. The van der Waals surface area contributed by atoms with E-state index in [4.69, 9.17) is 14.2 Å². The van der Waals surface area contributed by atoms with Crippen LogP contribution >= 0.6 is 0 Å². The summed E-state index contributed by atoms with van der Waals surface area (Å²) in [7, 11) is 4.71. The number of methoxy groups -OCH3 is 3. The number of fused-ring (bicyclic) bond motifs is 1. The Labute approximate surface area is 171 Å². The second-order valence-electron chi connectivity index (χ2n) is 7.28. The summed E-state index contributed by atoms with van der Waals surface area (Å²) in [5.74, 6) is 1.47. The number of carbonyl (C=O) groups is 1. The first-order chi connectivity index (χ1) is 13.8. The predicted molar refractivity (Wildman–Crippen MR) is 114 cm³/mol. The van der Waals surface area contributed by atoms with E-state index in [2.05, 4.69) is 29.4 Å². The van der Waals surface area contributed by atoms with E-state index >= 15 is 0 Å². The van der Waals surface area contributed by atoms with Gasteiger partial charge in [-0.2, -0.15) is 0 Å². The van der Waals surface area contributed by atoms with Gasteiger partial charge in [-0.1, -0.05) is 11.6 Å². The van der Waals surface area contributed by atoms with E-state index in [1.807, 2.05) is 32.9 Å². The zero-order valence-corrected chi connectivity index (χ0v) is 18.0. The Kier molecular flexibility index (Phi) is 5.73. The lowest BCUT2D eigenvalue weighted by Crippen LogP contribution is -2.27. The Balaban J connectivity index is 1.93. The maximum absolute atomic E-state index is 13.0. The summed E-state index contributed by atoms with van der Waals surface area (Å²) >= 11 is 0. The van der Waals surface area contributed by atoms with Gasteiger partial charge < -0.3 is 24.5 Å². The molecule has 0 fully saturated rings. The van der Waals surface area contributed by atoms with E-state index < -0.39 is 0 Å². The molecule has 1 unspecified atom stereocenters. The quantitative estimate of drug-likeness (QED) is 0.638. The molecule has 3 aromatic rings. The first kappa shape index (κ1) is 20.6. The molecule has 0 aliphatic rings. The Bertz CT molecular complexity index is 1040. The monoisotopic (exact) mass is 396 g/mol. The second-order valence-corrected chi connectivity index (χ2v) is 7.28. The number of hydrogen-bond donors (Lipinski definition) is 2. The Morgan fingerprint density at radius 2 is 1.59 bits per heavy atom. The highest BCUT2D eigenvalue weighted by molar-refractivity contribution is 6.01. The molecular weight excluding hydrogens is 368 g/mol. The fraction of sp³-hybridized carbons (Fsp3) is 0.348. The summed E-state index contributed by atoms with van der Waals surface area (Å²) in [6, 6.07) is 7.65. The fourth-order valence-electron chi connectivity index (χ4n) is 3.71. The number of amides is 1. The molecule has 1 atom stereocenters. The van der Waals surface area contributed by atoms with Gasteiger partial charge in [-0.25, -0.2) is 0 Å². The van der Waals surface area contributed by atoms with Gasteiger partial charge in [0, 0.05) is 10.9 Å². The van der Waals surface area contributed by atoms with Crippen LogP contribution in [0.2, 0.25) is 0 Å². The van der Waals surface area contributed by atoms with Crippen molar-refractivity contribution in [3.8, 4) is 17.2 Å². The van der Waals surface area contributed by atoms with E-state index in [-0.39, 0.29) is 11.9 Å². The molecule has 6 heteroatoms. The Morgan fingerprint density at radius 3 is 2.14 bits per heavy atom. The summed E-state index contributed by atoms with van der Waals surface area (Å²) in [6.45, 7) is 8.00. The first-order valence-electron chi connectivity index (χ1n) is 9.51. The molecule has 0 spiro atoms. The summed E-state index contributed by atoms with van der Waals surface area (Å²) in [5.41, 5.74) is 5.68. The summed E-state index contributed by atoms with van der Waals surface area (Å²) < 4.78 is 16.2. The van der Waals surface area contributed by atoms with Gasteiger partial charge in [0.15, 0.2) is 11.5 Å². The molecule has 29 heavy (non-hydrogen) atoms. The van der Waals surface area contributed by atoms with Gasteiger partial charge in [-0.05, 0) is 62.6 Å². The number of rotatable bonds is 6. The van der Waals surface area contributed by atoms with Crippen LogP contribution in [0.25, 0.3) is 10.9 Å². The predicted octanol–water partition coefficient (Wildman–Crippen LogP) is 4.61. The van der Waals surface area contributed by atoms with Crippen LogP contribution < -0.4 is 19.5 Å². The molecule has 1 heterocycles. The zero-order valence-electron chi connectivity index (χ0n) is 18.0. The number of aryl methyl sites for hydroxylation is 3. The lowest BCUT2D eigenvalue weighted by molar-refractivity contribution is 0.0935. The van der Waals surface area contributed by atoms with Gasteiger partial charge in [0.05, 0.1) is 27.4 Å². The molecule has 2 N–H and O–H groups in total. The van der Waals surface area contributed by atoms with Crippen LogP contribution in [0, 0.1) is 20.8 Å². The van der Waals surface area contributed by atoms with Gasteiger partial charge in [-0.15, -0.1) is 0 Å². The number of ether oxygens (including phenoxy) is 3. The van der Waals surface area contributed by atoms with E-state index in [0.29, 0.717) is 22.9 Å². The molecule has 0 aliphatic carbocycles. The largest absolute Gasteiger partial charge is 0.493 e. The molecule has 2 aromatic carbocycles. The van der Waals surface area contributed by atoms with Crippen molar-refractivity contribution in [3.63, 3.8) is 0 Å². The van der Waals surface area contributed by atoms with Crippen molar-refractivity contribution in [1.29, 1.82) is 0 Å². The van der Waals surface area contributed by atoms with Crippen LogP contribution in [0.1, 0.15) is 45.7 Å². The summed E-state index contributed by atoms with van der Waals surface area (Å²) in [5, 5.41) is 4.14. The SMILES string of the molecule is COc1cc(C(C)NC(=O)c2[nH]c3c(C)cc(C)cc3c2C)cc(OC)c1OC.